The Hall–Kier alpha value is -3.37. The van der Waals surface area contributed by atoms with Gasteiger partial charge in [0.15, 0.2) is 5.82 Å². The van der Waals surface area contributed by atoms with E-state index in [9.17, 15) is 5.26 Å². The molecule has 0 saturated carbocycles. The number of anilines is 1. The van der Waals surface area contributed by atoms with Crippen LogP contribution < -0.4 is 10.1 Å². The smallest absolute Gasteiger partial charge is 0.219 e. The van der Waals surface area contributed by atoms with Crippen molar-refractivity contribution in [1.82, 2.24) is 14.4 Å². The Bertz CT molecular complexity index is 1210. The van der Waals surface area contributed by atoms with Crippen molar-refractivity contribution < 1.29 is 4.74 Å². The third-order valence-electron chi connectivity index (χ3n) is 4.37. The zero-order valence-corrected chi connectivity index (χ0v) is 16.9. The number of halogens is 1. The monoisotopic (exact) mass is 433 g/mol. The maximum absolute atomic E-state index is 9.81. The highest BCUT2D eigenvalue weighted by atomic mass is 79.9. The molecule has 0 unspecified atom stereocenters. The fourth-order valence-electron chi connectivity index (χ4n) is 3.11. The molecule has 3 aromatic heterocycles. The van der Waals surface area contributed by atoms with Crippen molar-refractivity contribution in [2.45, 2.75) is 6.92 Å². The van der Waals surface area contributed by atoms with Crippen LogP contribution in [0.25, 0.3) is 16.6 Å². The minimum Gasteiger partial charge on any atom is -0.439 e. The van der Waals surface area contributed by atoms with E-state index in [4.69, 9.17) is 4.74 Å². The highest BCUT2D eigenvalue weighted by Crippen LogP contribution is 2.38. The number of nitriles is 1. The van der Waals surface area contributed by atoms with Gasteiger partial charge in [-0.25, -0.2) is 9.97 Å². The van der Waals surface area contributed by atoms with Gasteiger partial charge in [0.1, 0.15) is 17.3 Å². The summed E-state index contributed by atoms with van der Waals surface area (Å²) < 4.78 is 8.53. The van der Waals surface area contributed by atoms with E-state index in [2.05, 4.69) is 37.3 Å². The van der Waals surface area contributed by atoms with Gasteiger partial charge in [0.05, 0.1) is 10.2 Å². The molecule has 0 fully saturated rings. The molecule has 7 heteroatoms. The van der Waals surface area contributed by atoms with Gasteiger partial charge in [0.2, 0.25) is 5.88 Å². The first-order valence-corrected chi connectivity index (χ1v) is 9.40. The topological polar surface area (TPSA) is 75.2 Å². The molecule has 3 heterocycles. The van der Waals surface area contributed by atoms with Gasteiger partial charge in [-0.05, 0) is 46.6 Å². The van der Waals surface area contributed by atoms with Crippen LogP contribution in [0.3, 0.4) is 0 Å². The van der Waals surface area contributed by atoms with E-state index in [1.54, 1.807) is 13.2 Å². The molecule has 0 bridgehead atoms. The Kier molecular flexibility index (Phi) is 4.72. The summed E-state index contributed by atoms with van der Waals surface area (Å²) in [7, 11) is 1.79. The molecular weight excluding hydrogens is 418 g/mol. The SMILES string of the molecule is CNc1nccn2c(Br)c(-c3ccc(Oc4cccc(C)n4)cc3)c(C#N)c12. The van der Waals surface area contributed by atoms with Crippen LogP contribution in [0.2, 0.25) is 0 Å². The van der Waals surface area contributed by atoms with Crippen LogP contribution in [0, 0.1) is 18.3 Å². The van der Waals surface area contributed by atoms with E-state index in [1.165, 1.54) is 0 Å². The summed E-state index contributed by atoms with van der Waals surface area (Å²) in [6, 6.07) is 15.6. The second kappa shape index (κ2) is 7.33. The fourth-order valence-corrected chi connectivity index (χ4v) is 3.83. The minimum atomic E-state index is 0.547. The molecule has 6 nitrogen and oxygen atoms in total. The quantitative estimate of drug-likeness (QED) is 0.480. The highest BCUT2D eigenvalue weighted by molar-refractivity contribution is 9.10. The van der Waals surface area contributed by atoms with E-state index in [0.717, 1.165) is 26.9 Å². The summed E-state index contributed by atoms with van der Waals surface area (Å²) in [6.45, 7) is 1.92. The molecule has 1 N–H and O–H groups in total. The van der Waals surface area contributed by atoms with Crippen molar-refractivity contribution in [1.29, 1.82) is 5.26 Å². The molecule has 0 amide bonds. The van der Waals surface area contributed by atoms with E-state index in [-0.39, 0.29) is 0 Å². The van der Waals surface area contributed by atoms with Crippen molar-refractivity contribution >= 4 is 27.3 Å². The molecule has 0 saturated heterocycles. The molecule has 0 radical (unpaired) electrons. The summed E-state index contributed by atoms with van der Waals surface area (Å²) in [5, 5.41) is 12.9. The van der Waals surface area contributed by atoms with E-state index in [0.29, 0.717) is 23.0 Å². The average molecular weight is 434 g/mol. The third kappa shape index (κ3) is 3.08. The van der Waals surface area contributed by atoms with Crippen LogP contribution in [-0.2, 0) is 0 Å². The van der Waals surface area contributed by atoms with Gasteiger partial charge in [0.25, 0.3) is 0 Å². The number of hydrogen-bond donors (Lipinski definition) is 1. The van der Waals surface area contributed by atoms with Crippen LogP contribution in [0.5, 0.6) is 11.6 Å². The van der Waals surface area contributed by atoms with E-state index in [1.807, 2.05) is 60.0 Å². The van der Waals surface area contributed by atoms with Crippen molar-refractivity contribution in [3.05, 3.63) is 70.7 Å². The lowest BCUT2D eigenvalue weighted by Gasteiger charge is -2.07. The first kappa shape index (κ1) is 18.0. The van der Waals surface area contributed by atoms with Gasteiger partial charge >= 0.3 is 0 Å². The average Bonchev–Trinajstić information content (AvgIpc) is 3.01. The number of rotatable bonds is 4. The molecule has 4 rings (SSSR count). The third-order valence-corrected chi connectivity index (χ3v) is 5.14. The fraction of sp³-hybridized carbons (Fsp3) is 0.0952. The molecule has 0 aliphatic carbocycles. The lowest BCUT2D eigenvalue weighted by atomic mass is 10.0. The molecule has 0 aliphatic rings. The van der Waals surface area contributed by atoms with Gasteiger partial charge in [-0.3, -0.25) is 0 Å². The van der Waals surface area contributed by atoms with Crippen LogP contribution in [0.1, 0.15) is 11.3 Å². The second-order valence-electron chi connectivity index (χ2n) is 6.14. The first-order chi connectivity index (χ1) is 13.6. The van der Waals surface area contributed by atoms with Gasteiger partial charge < -0.3 is 14.5 Å². The van der Waals surface area contributed by atoms with Crippen molar-refractivity contribution in [2.75, 3.05) is 12.4 Å². The maximum atomic E-state index is 9.81. The number of hydrogen-bond acceptors (Lipinski definition) is 5. The summed E-state index contributed by atoms with van der Waals surface area (Å²) in [5.41, 5.74) is 3.90. The number of nitrogens with one attached hydrogen (secondary N) is 1. The predicted molar refractivity (Wildman–Crippen MR) is 112 cm³/mol. The molecule has 28 heavy (non-hydrogen) atoms. The molecule has 0 spiro atoms. The lowest BCUT2D eigenvalue weighted by Crippen LogP contribution is -1.96. The Morgan fingerprint density at radius 2 is 1.96 bits per heavy atom. The summed E-state index contributed by atoms with van der Waals surface area (Å²) >= 11 is 3.64. The number of nitrogens with zero attached hydrogens (tertiary/aromatic N) is 4. The number of ether oxygens (including phenoxy) is 1. The highest BCUT2D eigenvalue weighted by Gasteiger charge is 2.21. The molecule has 1 aromatic carbocycles. The predicted octanol–water partition coefficient (Wildman–Crippen LogP) is 5.17. The molecular formula is C21H16BrN5O. The number of benzene rings is 1. The molecule has 0 aliphatic heterocycles. The summed E-state index contributed by atoms with van der Waals surface area (Å²) in [5.74, 6) is 1.88. The number of pyridine rings is 1. The molecule has 0 atom stereocenters. The van der Waals surface area contributed by atoms with Crippen molar-refractivity contribution in [3.8, 4) is 28.8 Å². The largest absolute Gasteiger partial charge is 0.439 e. The molecule has 4 aromatic rings. The second-order valence-corrected chi connectivity index (χ2v) is 6.89. The standard InChI is InChI=1S/C21H16BrN5O/c1-13-4-3-5-17(26-13)28-15-8-6-14(7-9-15)18-16(12-23)19-21(24-2)25-10-11-27(19)20(18)22/h3-11H,1-2H3,(H,24,25). The number of fused-ring (bicyclic) bond motifs is 1. The van der Waals surface area contributed by atoms with Gasteiger partial charge in [-0.1, -0.05) is 18.2 Å². The van der Waals surface area contributed by atoms with E-state index >= 15 is 0 Å². The summed E-state index contributed by atoms with van der Waals surface area (Å²) in [4.78, 5) is 8.67. The zero-order valence-electron chi connectivity index (χ0n) is 15.3. The maximum Gasteiger partial charge on any atom is 0.219 e. The van der Waals surface area contributed by atoms with Crippen molar-refractivity contribution in [2.24, 2.45) is 0 Å². The van der Waals surface area contributed by atoms with E-state index < -0.39 is 0 Å². The Balaban J connectivity index is 1.76. The van der Waals surface area contributed by atoms with Gasteiger partial charge in [0, 0.05) is 36.8 Å². The van der Waals surface area contributed by atoms with Crippen LogP contribution >= 0.6 is 15.9 Å². The number of aryl methyl sites for hydroxylation is 1. The Labute approximate surface area is 170 Å². The van der Waals surface area contributed by atoms with Gasteiger partial charge in [-0.15, -0.1) is 0 Å². The first-order valence-electron chi connectivity index (χ1n) is 8.60. The van der Waals surface area contributed by atoms with Crippen LogP contribution in [-0.4, -0.2) is 21.4 Å². The lowest BCUT2D eigenvalue weighted by molar-refractivity contribution is 0.462. The number of aromatic nitrogens is 3. The summed E-state index contributed by atoms with van der Waals surface area (Å²) in [6.07, 6.45) is 3.52. The Morgan fingerprint density at radius 3 is 2.64 bits per heavy atom. The van der Waals surface area contributed by atoms with Crippen LogP contribution in [0.15, 0.2) is 59.5 Å². The normalized spacial score (nSPS) is 10.6. The van der Waals surface area contributed by atoms with Crippen molar-refractivity contribution in [3.63, 3.8) is 0 Å². The minimum absolute atomic E-state index is 0.547. The zero-order chi connectivity index (χ0) is 19.7. The van der Waals surface area contributed by atoms with Gasteiger partial charge in [-0.2, -0.15) is 5.26 Å². The van der Waals surface area contributed by atoms with Crippen LogP contribution in [0.4, 0.5) is 5.82 Å². The molecule has 138 valence electrons. The Morgan fingerprint density at radius 1 is 1.18 bits per heavy atom.